The van der Waals surface area contributed by atoms with Crippen LogP contribution in [-0.4, -0.2) is 11.1 Å². The summed E-state index contributed by atoms with van der Waals surface area (Å²) in [7, 11) is 0. The molecule has 1 aliphatic rings. The van der Waals surface area contributed by atoms with Gasteiger partial charge in [-0.05, 0) is 6.92 Å². The number of hydrogen-bond acceptors (Lipinski definition) is 3. The number of nitrogens with two attached hydrogens (primary N) is 1. The highest BCUT2D eigenvalue weighted by atomic mass is 19.3. The second-order valence-corrected chi connectivity index (χ2v) is 3.33. The van der Waals surface area contributed by atoms with Crippen LogP contribution in [0.25, 0.3) is 0 Å². The highest BCUT2D eigenvalue weighted by molar-refractivity contribution is 5.36. The van der Waals surface area contributed by atoms with Gasteiger partial charge in [0.2, 0.25) is 5.88 Å². The van der Waals surface area contributed by atoms with E-state index in [4.69, 9.17) is 5.73 Å². The molecule has 0 amide bonds. The lowest BCUT2D eigenvalue weighted by Gasteiger charge is -2.02. The van der Waals surface area contributed by atoms with E-state index >= 15 is 0 Å². The first-order valence-corrected chi connectivity index (χ1v) is 3.56. The van der Waals surface area contributed by atoms with Crippen LogP contribution in [0.1, 0.15) is 19.0 Å². The summed E-state index contributed by atoms with van der Waals surface area (Å²) in [6.07, 6.45) is -0.175. The molecule has 12 heavy (non-hydrogen) atoms. The van der Waals surface area contributed by atoms with E-state index in [9.17, 15) is 8.78 Å². The zero-order chi connectivity index (χ0) is 8.98. The average molecular weight is 174 g/mol. The van der Waals surface area contributed by atoms with Crippen molar-refractivity contribution in [2.75, 3.05) is 5.73 Å². The Hall–Kier alpha value is -1.13. The molecule has 0 aliphatic heterocycles. The fourth-order valence-corrected chi connectivity index (χ4v) is 1.23. The lowest BCUT2D eigenvalue weighted by atomic mass is 10.1. The van der Waals surface area contributed by atoms with Gasteiger partial charge in [0, 0.05) is 12.5 Å². The van der Waals surface area contributed by atoms with Crippen molar-refractivity contribution in [2.24, 2.45) is 0 Å². The highest BCUT2D eigenvalue weighted by Crippen LogP contribution is 2.60. The summed E-state index contributed by atoms with van der Waals surface area (Å²) in [5, 5.41) is 3.47. The Labute approximate surface area is 67.5 Å². The van der Waals surface area contributed by atoms with Gasteiger partial charge < -0.3 is 10.3 Å². The molecule has 0 aromatic carbocycles. The minimum Gasteiger partial charge on any atom is -0.368 e. The number of anilines is 1. The smallest absolute Gasteiger partial charge is 0.260 e. The van der Waals surface area contributed by atoms with Gasteiger partial charge in [-0.2, -0.15) is 0 Å². The van der Waals surface area contributed by atoms with Gasteiger partial charge in [-0.3, -0.25) is 0 Å². The quantitative estimate of drug-likeness (QED) is 0.702. The standard InChI is InChI=1S/C7H8F2N2O/c1-6(3-7(6,8)9)4-2-5(10)12-11-4/h2H,3,10H2,1H3. The zero-order valence-corrected chi connectivity index (χ0v) is 6.47. The first kappa shape index (κ1) is 7.52. The lowest BCUT2D eigenvalue weighted by molar-refractivity contribution is 0.0902. The Balaban J connectivity index is 2.34. The lowest BCUT2D eigenvalue weighted by Crippen LogP contribution is -2.11. The molecule has 0 bridgehead atoms. The van der Waals surface area contributed by atoms with Crippen LogP contribution >= 0.6 is 0 Å². The maximum atomic E-state index is 12.8. The summed E-state index contributed by atoms with van der Waals surface area (Å²) >= 11 is 0. The Morgan fingerprint density at radius 1 is 1.67 bits per heavy atom. The zero-order valence-electron chi connectivity index (χ0n) is 6.47. The van der Waals surface area contributed by atoms with E-state index in [1.54, 1.807) is 0 Å². The molecule has 2 rings (SSSR count). The van der Waals surface area contributed by atoms with Gasteiger partial charge in [0.25, 0.3) is 5.92 Å². The van der Waals surface area contributed by atoms with E-state index in [1.807, 2.05) is 0 Å². The largest absolute Gasteiger partial charge is 0.368 e. The Morgan fingerprint density at radius 2 is 2.25 bits per heavy atom. The Bertz CT molecular complexity index is 323. The molecule has 1 heterocycles. The van der Waals surface area contributed by atoms with Gasteiger partial charge in [0.15, 0.2) is 0 Å². The van der Waals surface area contributed by atoms with Gasteiger partial charge >= 0.3 is 0 Å². The second kappa shape index (κ2) is 1.78. The number of rotatable bonds is 1. The van der Waals surface area contributed by atoms with E-state index in [1.165, 1.54) is 13.0 Å². The Morgan fingerprint density at radius 3 is 2.58 bits per heavy atom. The van der Waals surface area contributed by atoms with Crippen molar-refractivity contribution >= 4 is 5.88 Å². The number of aromatic nitrogens is 1. The minimum absolute atomic E-state index is 0.0777. The van der Waals surface area contributed by atoms with E-state index in [2.05, 4.69) is 9.68 Å². The molecule has 0 saturated heterocycles. The molecule has 0 spiro atoms. The first-order valence-electron chi connectivity index (χ1n) is 3.56. The van der Waals surface area contributed by atoms with E-state index in [0.29, 0.717) is 0 Å². The van der Waals surface area contributed by atoms with Gasteiger partial charge in [0.05, 0.1) is 11.1 Å². The minimum atomic E-state index is -2.66. The molecule has 1 aromatic rings. The normalized spacial score (nSPS) is 31.9. The fraction of sp³-hybridized carbons (Fsp3) is 0.571. The molecule has 0 radical (unpaired) electrons. The van der Waals surface area contributed by atoms with Crippen LogP contribution in [0.2, 0.25) is 0 Å². The SMILES string of the molecule is CC1(c2cc(N)on2)CC1(F)F. The van der Waals surface area contributed by atoms with Gasteiger partial charge in [-0.25, -0.2) is 8.78 Å². The molecule has 1 aliphatic carbocycles. The van der Waals surface area contributed by atoms with Crippen LogP contribution in [0.3, 0.4) is 0 Å². The van der Waals surface area contributed by atoms with E-state index in [0.717, 1.165) is 0 Å². The molecular formula is C7H8F2N2O. The van der Waals surface area contributed by atoms with Crippen molar-refractivity contribution in [3.05, 3.63) is 11.8 Å². The third-order valence-electron chi connectivity index (χ3n) is 2.35. The molecule has 1 unspecified atom stereocenters. The van der Waals surface area contributed by atoms with Crippen LogP contribution in [0, 0.1) is 0 Å². The third-order valence-corrected chi connectivity index (χ3v) is 2.35. The summed E-state index contributed by atoms with van der Waals surface area (Å²) in [6, 6.07) is 1.35. The van der Waals surface area contributed by atoms with E-state index < -0.39 is 11.3 Å². The van der Waals surface area contributed by atoms with Crippen LogP contribution in [0.4, 0.5) is 14.7 Å². The fourth-order valence-electron chi connectivity index (χ4n) is 1.23. The van der Waals surface area contributed by atoms with Crippen molar-refractivity contribution in [2.45, 2.75) is 24.7 Å². The predicted octanol–water partition coefficient (Wildman–Crippen LogP) is 1.55. The monoisotopic (exact) mass is 174 g/mol. The van der Waals surface area contributed by atoms with Crippen molar-refractivity contribution in [1.29, 1.82) is 0 Å². The molecule has 1 fully saturated rings. The van der Waals surface area contributed by atoms with Gasteiger partial charge in [-0.15, -0.1) is 0 Å². The van der Waals surface area contributed by atoms with Crippen LogP contribution < -0.4 is 5.73 Å². The van der Waals surface area contributed by atoms with E-state index in [-0.39, 0.29) is 18.0 Å². The number of hydrogen-bond donors (Lipinski definition) is 1. The van der Waals surface area contributed by atoms with Gasteiger partial charge in [0.1, 0.15) is 0 Å². The van der Waals surface area contributed by atoms with Gasteiger partial charge in [-0.1, -0.05) is 5.16 Å². The van der Waals surface area contributed by atoms with Crippen molar-refractivity contribution in [3.8, 4) is 0 Å². The number of nitrogen functional groups attached to an aromatic ring is 1. The molecule has 2 N–H and O–H groups in total. The molecular weight excluding hydrogens is 166 g/mol. The molecule has 1 atom stereocenters. The average Bonchev–Trinajstić information content (AvgIpc) is 2.37. The maximum absolute atomic E-state index is 12.8. The second-order valence-electron chi connectivity index (χ2n) is 3.33. The summed E-state index contributed by atoms with van der Waals surface area (Å²) in [6.45, 7) is 1.45. The first-order chi connectivity index (χ1) is 5.46. The summed E-state index contributed by atoms with van der Waals surface area (Å²) in [5.74, 6) is -2.58. The number of nitrogens with zero attached hydrogens (tertiary/aromatic N) is 1. The van der Waals surface area contributed by atoms with Crippen molar-refractivity contribution < 1.29 is 13.3 Å². The molecule has 3 nitrogen and oxygen atoms in total. The summed E-state index contributed by atoms with van der Waals surface area (Å²) in [5.41, 5.74) is 4.30. The van der Waals surface area contributed by atoms with Crippen LogP contribution in [0.5, 0.6) is 0 Å². The van der Waals surface area contributed by atoms with Crippen molar-refractivity contribution in [3.63, 3.8) is 0 Å². The molecule has 5 heteroatoms. The van der Waals surface area contributed by atoms with Crippen LogP contribution in [0.15, 0.2) is 10.6 Å². The Kier molecular flexibility index (Phi) is 1.12. The maximum Gasteiger partial charge on any atom is 0.260 e. The summed E-state index contributed by atoms with van der Waals surface area (Å²) < 4.78 is 30.0. The van der Waals surface area contributed by atoms with Crippen molar-refractivity contribution in [1.82, 2.24) is 5.16 Å². The third kappa shape index (κ3) is 0.761. The molecule has 1 aromatic heterocycles. The number of alkyl halides is 2. The predicted molar refractivity (Wildman–Crippen MR) is 37.8 cm³/mol. The summed E-state index contributed by atoms with van der Waals surface area (Å²) in [4.78, 5) is 0. The molecule has 1 saturated carbocycles. The molecule has 66 valence electrons. The number of halogens is 2. The topological polar surface area (TPSA) is 52.0 Å². The van der Waals surface area contributed by atoms with Crippen LogP contribution in [-0.2, 0) is 5.41 Å². The highest BCUT2D eigenvalue weighted by Gasteiger charge is 2.70.